The van der Waals surface area contributed by atoms with E-state index >= 15 is 0 Å². The Kier molecular flexibility index (Phi) is 53.3. The number of hydrogen-bond acceptors (Lipinski definition) is 19. The Balaban J connectivity index is 0.000000234. The molecule has 2 aliphatic heterocycles. The third-order valence-electron chi connectivity index (χ3n) is 21.6. The van der Waals surface area contributed by atoms with Crippen LogP contribution >= 0.6 is 89.7 Å². The Labute approximate surface area is 1030 Å². The quantitative estimate of drug-likeness (QED) is 0.0217. The Morgan fingerprint density at radius 3 is 0.810 bits per heavy atom. The van der Waals surface area contributed by atoms with E-state index in [0.29, 0.717) is 77.5 Å². The fraction of sp³-hybridized carbons (Fsp3) is 0.177. The molecule has 0 aliphatic carbocycles. The Bertz CT molecular complexity index is 5790. The molecule has 0 bridgehead atoms. The molecule has 2 aliphatic rings. The van der Waals surface area contributed by atoms with Gasteiger partial charge in [-0.1, -0.05) is 446 Å². The molecule has 0 radical (unpaired) electrons. The second kappa shape index (κ2) is 63.0. The summed E-state index contributed by atoms with van der Waals surface area (Å²) in [5, 5.41) is 60.4. The molecule has 0 spiro atoms. The van der Waals surface area contributed by atoms with Gasteiger partial charge < -0.3 is 62.2 Å². The Morgan fingerprint density at radius 2 is 0.599 bits per heavy atom. The van der Waals surface area contributed by atoms with Crippen molar-refractivity contribution in [3.05, 3.63) is 426 Å². The number of carbonyl (C=O) groups excluding carboxylic acids is 3. The van der Waals surface area contributed by atoms with E-state index < -0.39 is 61.1 Å². The summed E-state index contributed by atoms with van der Waals surface area (Å²) in [7, 11) is -3.35. The molecule has 21 nitrogen and oxygen atoms in total. The van der Waals surface area contributed by atoms with E-state index in [1.807, 2.05) is 79.0 Å². The summed E-state index contributed by atoms with van der Waals surface area (Å²) in [6.07, 6.45) is -0.653. The molecule has 0 saturated carbocycles. The first kappa shape index (κ1) is 124. The first-order chi connectivity index (χ1) is 69.2. The van der Waals surface area contributed by atoms with Gasteiger partial charge in [-0.15, -0.1) is 20.4 Å². The molecule has 2 amide bonds. The number of nitrogens with two attached hydrogens (primary N) is 2. The van der Waals surface area contributed by atoms with Gasteiger partial charge in [-0.3, -0.25) is 4.79 Å². The average Bonchev–Trinajstić information content (AvgIpc) is 0.772. The van der Waals surface area contributed by atoms with Gasteiger partial charge in [0.25, 0.3) is 6.47 Å². The Hall–Kier alpha value is -7.81. The van der Waals surface area contributed by atoms with Crippen LogP contribution in [-0.4, -0.2) is 138 Å². The van der Waals surface area contributed by atoms with Gasteiger partial charge in [0.2, 0.25) is 11.9 Å². The van der Waals surface area contributed by atoms with Crippen molar-refractivity contribution in [2.75, 3.05) is 60.5 Å². The van der Waals surface area contributed by atoms with Gasteiger partial charge in [-0.25, -0.2) is 9.59 Å². The van der Waals surface area contributed by atoms with Crippen molar-refractivity contribution < 1.29 is 204 Å². The normalized spacial score (nSPS) is 12.5. The number of benzene rings is 14. The van der Waals surface area contributed by atoms with Crippen LogP contribution in [0.2, 0.25) is 25.2 Å². The number of nitrogens with zero attached hydrogens (tertiary/aromatic N) is 10. The van der Waals surface area contributed by atoms with Gasteiger partial charge in [0.15, 0.2) is 16.8 Å². The number of anilines is 4. The molecule has 0 atom stereocenters. The van der Waals surface area contributed by atoms with Crippen molar-refractivity contribution in [1.82, 2.24) is 40.2 Å². The molecule has 18 rings (SSSR count). The summed E-state index contributed by atoms with van der Waals surface area (Å²) >= 11 is 29.4. The molecule has 14 aromatic carbocycles. The first-order valence-corrected chi connectivity index (χ1v) is 53.4. The van der Waals surface area contributed by atoms with E-state index in [9.17, 15) is 9.59 Å². The van der Waals surface area contributed by atoms with E-state index in [0.717, 1.165) is 0 Å². The van der Waals surface area contributed by atoms with Gasteiger partial charge in [0, 0.05) is 70.7 Å². The van der Waals surface area contributed by atoms with Gasteiger partial charge in [-0.05, 0) is 177 Å². The summed E-state index contributed by atoms with van der Waals surface area (Å²) in [4.78, 5) is 51.9. The van der Waals surface area contributed by atoms with E-state index in [-0.39, 0.29) is 206 Å². The van der Waals surface area contributed by atoms with Crippen molar-refractivity contribution in [3.63, 3.8) is 0 Å². The number of piperazine rings is 2. The van der Waals surface area contributed by atoms with Crippen molar-refractivity contribution in [2.45, 2.75) is 91.5 Å². The third-order valence-corrected chi connectivity index (χ3v) is 33.3. The summed E-state index contributed by atoms with van der Waals surface area (Å²) in [6.45, 7) is 21.9. The zero-order valence-corrected chi connectivity index (χ0v) is 105. The zero-order valence-electron chi connectivity index (χ0n) is 84.9. The predicted molar refractivity (Wildman–Crippen MR) is 603 cm³/mol. The fourth-order valence-electron chi connectivity index (χ4n) is 15.2. The van der Waals surface area contributed by atoms with Gasteiger partial charge >= 0.3 is 157 Å². The number of ether oxygens (including phenoxy) is 2. The van der Waals surface area contributed by atoms with Crippen molar-refractivity contribution >= 4 is 208 Å². The van der Waals surface area contributed by atoms with Crippen LogP contribution in [0.5, 0.6) is 0 Å². The number of amides is 2. The first-order valence-electron chi connectivity index (χ1n) is 46.2. The fourth-order valence-corrected chi connectivity index (χ4v) is 25.3. The zero-order chi connectivity index (χ0) is 103. The minimum absolute atomic E-state index is 0. The third kappa shape index (κ3) is 38.7. The maximum absolute atomic E-state index is 12.5. The van der Waals surface area contributed by atoms with Crippen LogP contribution in [0.1, 0.15) is 70.7 Å². The topological polar surface area (TPSA) is 285 Å². The molecule has 34 heteroatoms. The molecular formula is C113H116BCl5Cs2N12O9P4Pd. The monoisotopic (exact) mass is 2470 g/mol. The number of carbonyl (C=O) groups is 3. The minimum atomic E-state index is -1.57. The van der Waals surface area contributed by atoms with Gasteiger partial charge in [0.05, 0.1) is 31.2 Å². The maximum Gasteiger partial charge on any atom is 1.00 e. The smallest absolute Gasteiger partial charge is 1.00 e. The predicted octanol–water partition coefficient (Wildman–Crippen LogP) is 13.2. The molecule has 752 valence electrons. The number of hydrogen-bond donors (Lipinski definition) is 4. The second-order valence-corrected chi connectivity index (χ2v) is 46.4. The van der Waals surface area contributed by atoms with Crippen LogP contribution in [0.25, 0.3) is 11.3 Å². The summed E-state index contributed by atoms with van der Waals surface area (Å²) in [6, 6.07) is 139. The maximum atomic E-state index is 12.5. The summed E-state index contributed by atoms with van der Waals surface area (Å²) in [5.41, 5.74) is 11.2. The number of halogens is 5. The molecule has 6 N–H and O–H groups in total. The second-order valence-electron chi connectivity index (χ2n) is 35.5. The van der Waals surface area contributed by atoms with Crippen LogP contribution < -0.4 is 233 Å². The van der Waals surface area contributed by atoms with Crippen LogP contribution in [-0.2, 0) is 39.6 Å². The Morgan fingerprint density at radius 1 is 0.367 bits per heavy atom. The number of aromatic nitrogens is 6. The molecule has 147 heavy (non-hydrogen) atoms. The van der Waals surface area contributed by atoms with Crippen LogP contribution in [0, 0.1) is 0 Å². The SMILES string of the molecule is CC(C)(C)OC(=O)N1CCN(c2nnc(-c3cccc(Cl)c3Cl)c(N)n2)C(C)(C)C1.CC(C)(C)OC(=O)N1CCN(c2nnc(Cl)c(N)n2)C(C)(C)C1.O=CO[O-].OB(O)c1cccc(Cl)c1Cl.[Cs+].[Cs+].[H-].[Pd].c1ccc(P(c2ccccc2)c2ccccc2)cc1.c1ccc(P(c2ccccc2)c2ccccc2)cc1.c1ccc(P(c2ccccc2)c2ccccc2)cc1.c1ccc(P(c2ccccc2)c2ccccc2)cc1. The van der Waals surface area contributed by atoms with Crippen molar-refractivity contribution in [2.24, 2.45) is 0 Å². The minimum Gasteiger partial charge on any atom is -1.00 e. The molecule has 4 heterocycles. The standard InChI is InChI=1S/C20H26Cl2N6O2.4C18H15P.C14H23ClN6O2.C6H5BCl2O2.CH2O3.2Cs.Pd.H/c1-19(2,3)30-18(29)27-9-10-28(20(4,5)11-27)17-24-16(23)15(25-26-17)12-7-6-8-13(21)14(12)22;4*1-4-10-16(11-5-1)19(17-12-6-2-7-13-17)18-14-8-3-9-15-18;1-13(2,3)23-12(22)20-6-7-21(14(4,5)8-20)11-17-10(16)9(15)18-19-11;8-5-3-1-2-4(6(5)9)7(10)11;2-1-4-3;;;;/h6-8H,9-11H2,1-5H3,(H2,23,24,26);4*1-15H;6-8H2,1-5H3,(H2,16,17,19);1-3,10-11H;1,3H;;;;/q;;;;;;;;2*+1;;-1/p-1. The largest absolute Gasteiger partial charge is 1.00 e. The van der Waals surface area contributed by atoms with Crippen molar-refractivity contribution in [3.8, 4) is 11.3 Å². The number of rotatable bonds is 17. The van der Waals surface area contributed by atoms with Crippen LogP contribution in [0.3, 0.4) is 0 Å². The summed E-state index contributed by atoms with van der Waals surface area (Å²) < 4.78 is 10.9. The molecule has 0 unspecified atom stereocenters. The van der Waals surface area contributed by atoms with Gasteiger partial charge in [0.1, 0.15) is 16.9 Å². The molecule has 2 saturated heterocycles. The molecule has 2 fully saturated rings. The van der Waals surface area contributed by atoms with Crippen LogP contribution in [0.15, 0.2) is 400 Å². The molecule has 2 aromatic heterocycles. The van der Waals surface area contributed by atoms with E-state index in [2.05, 4.69) is 399 Å². The summed E-state index contributed by atoms with van der Waals surface area (Å²) in [5.74, 6) is 1.14. The van der Waals surface area contributed by atoms with E-state index in [4.69, 9.17) is 99.0 Å². The number of nitrogen functional groups attached to an aromatic ring is 2. The van der Waals surface area contributed by atoms with Crippen LogP contribution in [0.4, 0.5) is 33.1 Å². The van der Waals surface area contributed by atoms with E-state index in [1.54, 1.807) is 40.1 Å². The molecular weight excluding hydrogens is 2350 g/mol. The van der Waals surface area contributed by atoms with Crippen molar-refractivity contribution in [1.29, 1.82) is 0 Å². The molecule has 16 aromatic rings. The average molecular weight is 2470 g/mol. The van der Waals surface area contributed by atoms with E-state index in [1.165, 1.54) is 69.7 Å². The van der Waals surface area contributed by atoms with Gasteiger partial charge in [-0.2, -0.15) is 9.97 Å².